The Balaban J connectivity index is 1.79. The van der Waals surface area contributed by atoms with Crippen LogP contribution in [0.4, 0.5) is 5.69 Å². The molecule has 2 aromatic rings. The molecular formula is C18H18ClNO. The van der Waals surface area contributed by atoms with Crippen molar-refractivity contribution >= 4 is 17.3 Å². The first-order valence-corrected chi connectivity index (χ1v) is 7.93. The number of ether oxygens (including phenoxy) is 1. The number of hydrogen-bond donors (Lipinski definition) is 1. The zero-order chi connectivity index (χ0) is 14.2. The maximum atomic E-state index is 6.16. The lowest BCUT2D eigenvalue weighted by atomic mass is 9.77. The molecule has 0 radical (unpaired) electrons. The number of anilines is 1. The summed E-state index contributed by atoms with van der Waals surface area (Å²) in [6, 6.07) is 17.0. The topological polar surface area (TPSA) is 21.3 Å². The number of hydrogen-bond acceptors (Lipinski definition) is 2. The van der Waals surface area contributed by atoms with Crippen LogP contribution in [0.1, 0.15) is 36.1 Å². The van der Waals surface area contributed by atoms with Crippen molar-refractivity contribution in [3.05, 3.63) is 64.7 Å². The van der Waals surface area contributed by atoms with Gasteiger partial charge in [-0.15, -0.1) is 0 Å². The smallest absolute Gasteiger partial charge is 0.0895 e. The van der Waals surface area contributed by atoms with E-state index in [4.69, 9.17) is 16.3 Å². The van der Waals surface area contributed by atoms with E-state index >= 15 is 0 Å². The van der Waals surface area contributed by atoms with Crippen molar-refractivity contribution in [2.75, 3.05) is 11.9 Å². The highest BCUT2D eigenvalue weighted by Crippen LogP contribution is 2.49. The summed E-state index contributed by atoms with van der Waals surface area (Å²) >= 11 is 6.16. The standard InChI is InChI=1S/C18H18ClNO/c19-13-8-9-14-16(11-13)20-17(12-5-2-1-3-6-12)15-7-4-10-21-18(14)15/h1-3,5-6,8-9,11,15,17-18,20H,4,7,10H2/t15-,17-,18+/m1/s1. The second-order valence-electron chi connectivity index (χ2n) is 5.86. The third-order valence-electron chi connectivity index (χ3n) is 4.59. The van der Waals surface area contributed by atoms with Crippen LogP contribution in [0.5, 0.6) is 0 Å². The van der Waals surface area contributed by atoms with E-state index in [1.807, 2.05) is 12.1 Å². The summed E-state index contributed by atoms with van der Waals surface area (Å²) in [5, 5.41) is 4.45. The van der Waals surface area contributed by atoms with Crippen LogP contribution in [-0.4, -0.2) is 6.61 Å². The molecular weight excluding hydrogens is 282 g/mol. The molecule has 2 heterocycles. The average Bonchev–Trinajstić information content (AvgIpc) is 2.54. The first-order chi connectivity index (χ1) is 10.3. The van der Waals surface area contributed by atoms with Crippen molar-refractivity contribution in [3.8, 4) is 0 Å². The molecule has 1 saturated heterocycles. The molecule has 0 spiro atoms. The molecule has 1 N–H and O–H groups in total. The van der Waals surface area contributed by atoms with Gasteiger partial charge >= 0.3 is 0 Å². The molecule has 3 heteroatoms. The van der Waals surface area contributed by atoms with Crippen molar-refractivity contribution in [2.45, 2.75) is 25.0 Å². The van der Waals surface area contributed by atoms with E-state index in [1.54, 1.807) is 0 Å². The largest absolute Gasteiger partial charge is 0.377 e. The minimum atomic E-state index is 0.178. The molecule has 21 heavy (non-hydrogen) atoms. The Morgan fingerprint density at radius 3 is 2.81 bits per heavy atom. The fourth-order valence-electron chi connectivity index (χ4n) is 3.63. The summed E-state index contributed by atoms with van der Waals surface area (Å²) in [5.74, 6) is 0.481. The molecule has 4 rings (SSSR count). The zero-order valence-corrected chi connectivity index (χ0v) is 12.5. The van der Waals surface area contributed by atoms with E-state index in [2.05, 4.69) is 41.7 Å². The molecule has 2 aliphatic rings. The molecule has 1 fully saturated rings. The van der Waals surface area contributed by atoms with E-state index in [-0.39, 0.29) is 6.10 Å². The van der Waals surface area contributed by atoms with Crippen molar-refractivity contribution in [3.63, 3.8) is 0 Å². The minimum Gasteiger partial charge on any atom is -0.377 e. The number of rotatable bonds is 1. The van der Waals surface area contributed by atoms with Crippen LogP contribution in [-0.2, 0) is 4.74 Å². The monoisotopic (exact) mass is 299 g/mol. The Kier molecular flexibility index (Phi) is 3.36. The van der Waals surface area contributed by atoms with E-state index in [0.717, 1.165) is 23.7 Å². The van der Waals surface area contributed by atoms with Gasteiger partial charge in [0, 0.05) is 28.8 Å². The van der Waals surface area contributed by atoms with Gasteiger partial charge in [-0.3, -0.25) is 0 Å². The van der Waals surface area contributed by atoms with Gasteiger partial charge in [0.05, 0.1) is 12.1 Å². The number of benzene rings is 2. The van der Waals surface area contributed by atoms with Gasteiger partial charge in [-0.1, -0.05) is 48.0 Å². The Labute approximate surface area is 130 Å². The third kappa shape index (κ3) is 2.33. The summed E-state index contributed by atoms with van der Waals surface area (Å²) in [5.41, 5.74) is 3.68. The molecule has 2 aliphatic heterocycles. The minimum absolute atomic E-state index is 0.178. The van der Waals surface area contributed by atoms with Gasteiger partial charge in [-0.2, -0.15) is 0 Å². The molecule has 2 nitrogen and oxygen atoms in total. The van der Waals surface area contributed by atoms with Crippen molar-refractivity contribution in [1.82, 2.24) is 0 Å². The Morgan fingerprint density at radius 1 is 1.10 bits per heavy atom. The number of fused-ring (bicyclic) bond motifs is 3. The molecule has 0 amide bonds. The molecule has 0 saturated carbocycles. The Bertz CT molecular complexity index is 643. The lowest BCUT2D eigenvalue weighted by Crippen LogP contribution is -2.35. The summed E-state index contributed by atoms with van der Waals surface area (Å²) in [4.78, 5) is 0. The summed E-state index contributed by atoms with van der Waals surface area (Å²) in [6.07, 6.45) is 2.51. The second kappa shape index (κ2) is 5.36. The predicted molar refractivity (Wildman–Crippen MR) is 85.7 cm³/mol. The van der Waals surface area contributed by atoms with Crippen LogP contribution >= 0.6 is 11.6 Å². The lowest BCUT2D eigenvalue weighted by molar-refractivity contribution is -0.0381. The van der Waals surface area contributed by atoms with Crippen molar-refractivity contribution < 1.29 is 4.74 Å². The van der Waals surface area contributed by atoms with Crippen molar-refractivity contribution in [2.24, 2.45) is 5.92 Å². The van der Waals surface area contributed by atoms with E-state index in [9.17, 15) is 0 Å². The highest BCUT2D eigenvalue weighted by atomic mass is 35.5. The van der Waals surface area contributed by atoms with Gasteiger partial charge in [-0.05, 0) is 30.5 Å². The van der Waals surface area contributed by atoms with Crippen LogP contribution in [0.15, 0.2) is 48.5 Å². The summed E-state index contributed by atoms with van der Waals surface area (Å²) in [7, 11) is 0. The highest BCUT2D eigenvalue weighted by Gasteiger charge is 2.39. The van der Waals surface area contributed by atoms with Gasteiger partial charge in [0.2, 0.25) is 0 Å². The SMILES string of the molecule is Clc1ccc2c(c1)N[C@H](c1ccccc1)[C@H]1CCCO[C@@H]21. The first-order valence-electron chi connectivity index (χ1n) is 7.55. The molecule has 0 aromatic heterocycles. The molecule has 0 unspecified atom stereocenters. The number of halogens is 1. The normalized spacial score (nSPS) is 27.4. The fraction of sp³-hybridized carbons (Fsp3) is 0.333. The quantitative estimate of drug-likeness (QED) is 0.802. The van der Waals surface area contributed by atoms with Crippen molar-refractivity contribution in [1.29, 1.82) is 0 Å². The van der Waals surface area contributed by atoms with Crippen LogP contribution in [0, 0.1) is 5.92 Å². The zero-order valence-electron chi connectivity index (χ0n) is 11.8. The van der Waals surface area contributed by atoms with Gasteiger partial charge in [-0.25, -0.2) is 0 Å². The summed E-state index contributed by atoms with van der Waals surface area (Å²) in [6.45, 7) is 0.852. The van der Waals surface area contributed by atoms with Crippen LogP contribution < -0.4 is 5.32 Å². The number of nitrogens with one attached hydrogen (secondary N) is 1. The maximum absolute atomic E-state index is 6.16. The van der Waals surface area contributed by atoms with Gasteiger partial charge in [0.1, 0.15) is 0 Å². The lowest BCUT2D eigenvalue weighted by Gasteiger charge is -2.43. The summed E-state index contributed by atoms with van der Waals surface area (Å²) < 4.78 is 6.12. The maximum Gasteiger partial charge on any atom is 0.0895 e. The molecule has 0 aliphatic carbocycles. The van der Waals surface area contributed by atoms with Gasteiger partial charge in [0.15, 0.2) is 0 Å². The van der Waals surface area contributed by atoms with E-state index < -0.39 is 0 Å². The first kappa shape index (κ1) is 13.2. The Morgan fingerprint density at radius 2 is 1.95 bits per heavy atom. The van der Waals surface area contributed by atoms with E-state index in [1.165, 1.54) is 17.5 Å². The Hall–Kier alpha value is -1.51. The van der Waals surface area contributed by atoms with Gasteiger partial charge in [0.25, 0.3) is 0 Å². The average molecular weight is 300 g/mol. The highest BCUT2D eigenvalue weighted by molar-refractivity contribution is 6.30. The van der Waals surface area contributed by atoms with E-state index in [0.29, 0.717) is 12.0 Å². The van der Waals surface area contributed by atoms with Crippen LogP contribution in [0.3, 0.4) is 0 Å². The van der Waals surface area contributed by atoms with Crippen LogP contribution in [0.25, 0.3) is 0 Å². The molecule has 3 atom stereocenters. The molecule has 108 valence electrons. The predicted octanol–water partition coefficient (Wildman–Crippen LogP) is 4.97. The van der Waals surface area contributed by atoms with Gasteiger partial charge < -0.3 is 10.1 Å². The molecule has 2 aromatic carbocycles. The third-order valence-corrected chi connectivity index (χ3v) is 4.82. The molecule has 0 bridgehead atoms. The fourth-order valence-corrected chi connectivity index (χ4v) is 3.81. The van der Waals surface area contributed by atoms with Crippen LogP contribution in [0.2, 0.25) is 5.02 Å². The second-order valence-corrected chi connectivity index (χ2v) is 6.30.